The largest absolute Gasteiger partial charge is 0.486 e. The van der Waals surface area contributed by atoms with Crippen molar-refractivity contribution in [2.24, 2.45) is 5.73 Å². The summed E-state index contributed by atoms with van der Waals surface area (Å²) in [6.07, 6.45) is 0. The van der Waals surface area contributed by atoms with Gasteiger partial charge < -0.3 is 15.2 Å². The van der Waals surface area contributed by atoms with Gasteiger partial charge in [0.25, 0.3) is 0 Å². The SMILES string of the molecule is NC(c1ccc(F)c(Cl)c1)c1ccc2c(c1)OCCO2. The molecule has 2 aromatic carbocycles. The first-order valence-corrected chi connectivity index (χ1v) is 6.63. The molecule has 0 saturated carbocycles. The molecular weight excluding hydrogens is 281 g/mol. The van der Waals surface area contributed by atoms with E-state index in [1.807, 2.05) is 18.2 Å². The van der Waals surface area contributed by atoms with Gasteiger partial charge >= 0.3 is 0 Å². The van der Waals surface area contributed by atoms with Crippen LogP contribution >= 0.6 is 11.6 Å². The molecule has 0 aliphatic carbocycles. The fraction of sp³-hybridized carbons (Fsp3) is 0.200. The van der Waals surface area contributed by atoms with Gasteiger partial charge in [-0.25, -0.2) is 4.39 Å². The third kappa shape index (κ3) is 2.44. The van der Waals surface area contributed by atoms with Crippen molar-refractivity contribution in [3.05, 3.63) is 58.4 Å². The van der Waals surface area contributed by atoms with Crippen LogP contribution < -0.4 is 15.2 Å². The van der Waals surface area contributed by atoms with Gasteiger partial charge in [0.15, 0.2) is 11.5 Å². The van der Waals surface area contributed by atoms with Crippen LogP contribution in [0.1, 0.15) is 17.2 Å². The lowest BCUT2D eigenvalue weighted by molar-refractivity contribution is 0.171. The molecule has 0 saturated heterocycles. The standard InChI is InChI=1S/C15H13ClFNO2/c16-11-7-9(1-3-12(11)17)15(18)10-2-4-13-14(8-10)20-6-5-19-13/h1-4,7-8,15H,5-6,18H2. The van der Waals surface area contributed by atoms with E-state index in [4.69, 9.17) is 26.8 Å². The summed E-state index contributed by atoms with van der Waals surface area (Å²) >= 11 is 5.79. The second-order valence-electron chi connectivity index (χ2n) is 4.55. The lowest BCUT2D eigenvalue weighted by Crippen LogP contribution is -2.17. The first-order valence-electron chi connectivity index (χ1n) is 6.25. The summed E-state index contributed by atoms with van der Waals surface area (Å²) < 4.78 is 24.2. The van der Waals surface area contributed by atoms with E-state index in [-0.39, 0.29) is 5.02 Å². The maximum atomic E-state index is 13.2. The van der Waals surface area contributed by atoms with Crippen molar-refractivity contribution >= 4 is 11.6 Å². The van der Waals surface area contributed by atoms with Gasteiger partial charge in [-0.2, -0.15) is 0 Å². The number of rotatable bonds is 2. The molecule has 0 fully saturated rings. The highest BCUT2D eigenvalue weighted by Crippen LogP contribution is 2.34. The molecule has 3 nitrogen and oxygen atoms in total. The van der Waals surface area contributed by atoms with Crippen LogP contribution in [0.3, 0.4) is 0 Å². The molecule has 1 aliphatic rings. The summed E-state index contributed by atoms with van der Waals surface area (Å²) in [5.41, 5.74) is 7.79. The van der Waals surface area contributed by atoms with E-state index in [2.05, 4.69) is 0 Å². The maximum Gasteiger partial charge on any atom is 0.161 e. The van der Waals surface area contributed by atoms with Crippen LogP contribution in [0.2, 0.25) is 5.02 Å². The molecule has 1 heterocycles. The minimum atomic E-state index is -0.454. The zero-order valence-corrected chi connectivity index (χ0v) is 11.4. The Bertz CT molecular complexity index is 648. The Balaban J connectivity index is 1.93. The summed E-state index contributed by atoms with van der Waals surface area (Å²) in [5, 5.41) is 0.0653. The van der Waals surface area contributed by atoms with Gasteiger partial charge in [0.1, 0.15) is 19.0 Å². The lowest BCUT2D eigenvalue weighted by atomic mass is 9.99. The van der Waals surface area contributed by atoms with Gasteiger partial charge in [0.05, 0.1) is 11.1 Å². The number of halogens is 2. The third-order valence-corrected chi connectivity index (χ3v) is 3.52. The van der Waals surface area contributed by atoms with Crippen LogP contribution in [0.25, 0.3) is 0 Å². The van der Waals surface area contributed by atoms with Gasteiger partial charge in [0, 0.05) is 0 Å². The molecule has 1 aliphatic heterocycles. The number of nitrogens with two attached hydrogens (primary N) is 1. The van der Waals surface area contributed by atoms with Gasteiger partial charge in [-0.3, -0.25) is 0 Å². The normalized spacial score (nSPS) is 14.9. The van der Waals surface area contributed by atoms with Gasteiger partial charge in [-0.15, -0.1) is 0 Å². The van der Waals surface area contributed by atoms with Crippen molar-refractivity contribution in [1.82, 2.24) is 0 Å². The topological polar surface area (TPSA) is 44.5 Å². The van der Waals surface area contributed by atoms with E-state index >= 15 is 0 Å². The summed E-state index contributed by atoms with van der Waals surface area (Å²) in [6.45, 7) is 1.07. The Morgan fingerprint density at radius 3 is 2.40 bits per heavy atom. The zero-order valence-electron chi connectivity index (χ0n) is 10.6. The maximum absolute atomic E-state index is 13.2. The molecule has 1 atom stereocenters. The van der Waals surface area contributed by atoms with Crippen LogP contribution in [-0.4, -0.2) is 13.2 Å². The first-order chi connectivity index (χ1) is 9.65. The second-order valence-corrected chi connectivity index (χ2v) is 4.96. The van der Waals surface area contributed by atoms with Gasteiger partial charge in [-0.1, -0.05) is 23.7 Å². The molecule has 3 rings (SSSR count). The van der Waals surface area contributed by atoms with Gasteiger partial charge in [0.2, 0.25) is 0 Å². The molecule has 2 N–H and O–H groups in total. The van der Waals surface area contributed by atoms with Crippen molar-refractivity contribution in [2.45, 2.75) is 6.04 Å². The fourth-order valence-electron chi connectivity index (χ4n) is 2.15. The van der Waals surface area contributed by atoms with E-state index in [0.29, 0.717) is 24.7 Å². The molecule has 5 heteroatoms. The van der Waals surface area contributed by atoms with Crippen LogP contribution in [-0.2, 0) is 0 Å². The Morgan fingerprint density at radius 2 is 1.65 bits per heavy atom. The molecule has 2 aromatic rings. The fourth-order valence-corrected chi connectivity index (χ4v) is 2.34. The van der Waals surface area contributed by atoms with Crippen LogP contribution in [0, 0.1) is 5.82 Å². The monoisotopic (exact) mass is 293 g/mol. The van der Waals surface area contributed by atoms with Crippen molar-refractivity contribution in [1.29, 1.82) is 0 Å². The van der Waals surface area contributed by atoms with E-state index in [9.17, 15) is 4.39 Å². The van der Waals surface area contributed by atoms with E-state index in [0.717, 1.165) is 11.1 Å². The molecule has 104 valence electrons. The van der Waals surface area contributed by atoms with Crippen molar-refractivity contribution in [2.75, 3.05) is 13.2 Å². The van der Waals surface area contributed by atoms with Crippen molar-refractivity contribution in [3.8, 4) is 11.5 Å². The molecule has 0 amide bonds. The van der Waals surface area contributed by atoms with E-state index in [1.54, 1.807) is 12.1 Å². The highest BCUT2D eigenvalue weighted by atomic mass is 35.5. The second kappa shape index (κ2) is 5.31. The van der Waals surface area contributed by atoms with Crippen LogP contribution in [0.4, 0.5) is 4.39 Å². The smallest absolute Gasteiger partial charge is 0.161 e. The summed E-state index contributed by atoms with van der Waals surface area (Å²) in [4.78, 5) is 0. The molecule has 0 aromatic heterocycles. The first kappa shape index (κ1) is 13.2. The highest BCUT2D eigenvalue weighted by molar-refractivity contribution is 6.30. The number of fused-ring (bicyclic) bond motifs is 1. The molecular formula is C15H13ClFNO2. The molecule has 0 bridgehead atoms. The summed E-state index contributed by atoms with van der Waals surface area (Å²) in [5.74, 6) is 0.937. The quantitative estimate of drug-likeness (QED) is 0.924. The Morgan fingerprint density at radius 1 is 1.00 bits per heavy atom. The number of ether oxygens (including phenoxy) is 2. The lowest BCUT2D eigenvalue weighted by Gasteiger charge is -2.20. The Labute approximate surface area is 121 Å². The van der Waals surface area contributed by atoms with E-state index in [1.165, 1.54) is 6.07 Å². The minimum absolute atomic E-state index is 0.0653. The predicted octanol–water partition coefficient (Wildman–Crippen LogP) is 3.30. The van der Waals surface area contributed by atoms with Crippen LogP contribution in [0.5, 0.6) is 11.5 Å². The average Bonchev–Trinajstić information content (AvgIpc) is 2.49. The minimum Gasteiger partial charge on any atom is -0.486 e. The van der Waals surface area contributed by atoms with Crippen LogP contribution in [0.15, 0.2) is 36.4 Å². The molecule has 20 heavy (non-hydrogen) atoms. The third-order valence-electron chi connectivity index (χ3n) is 3.23. The number of hydrogen-bond donors (Lipinski definition) is 1. The number of hydrogen-bond acceptors (Lipinski definition) is 3. The molecule has 1 unspecified atom stereocenters. The summed E-state index contributed by atoms with van der Waals surface area (Å²) in [6, 6.07) is 9.63. The number of benzene rings is 2. The average molecular weight is 294 g/mol. The van der Waals surface area contributed by atoms with Crippen molar-refractivity contribution in [3.63, 3.8) is 0 Å². The zero-order chi connectivity index (χ0) is 14.1. The highest BCUT2D eigenvalue weighted by Gasteiger charge is 2.16. The van der Waals surface area contributed by atoms with E-state index < -0.39 is 11.9 Å². The molecule has 0 spiro atoms. The predicted molar refractivity (Wildman–Crippen MR) is 74.9 cm³/mol. The Hall–Kier alpha value is -1.78. The van der Waals surface area contributed by atoms with Gasteiger partial charge in [-0.05, 0) is 35.4 Å². The molecule has 0 radical (unpaired) electrons. The Kier molecular flexibility index (Phi) is 3.51. The summed E-state index contributed by atoms with van der Waals surface area (Å²) in [7, 11) is 0. The van der Waals surface area contributed by atoms with Crippen molar-refractivity contribution < 1.29 is 13.9 Å².